The summed E-state index contributed by atoms with van der Waals surface area (Å²) < 4.78 is 18.3. The van der Waals surface area contributed by atoms with Crippen molar-refractivity contribution in [3.63, 3.8) is 0 Å². The molecule has 0 radical (unpaired) electrons. The molecule has 0 aliphatic rings. The van der Waals surface area contributed by atoms with Crippen molar-refractivity contribution in [1.29, 1.82) is 0 Å². The van der Waals surface area contributed by atoms with Gasteiger partial charge in [-0.1, -0.05) is 6.07 Å². The molecule has 6 heteroatoms. The molecular weight excluding hydrogens is 229 g/mol. The van der Waals surface area contributed by atoms with Gasteiger partial charge in [0.05, 0.1) is 13.5 Å². The topological polar surface area (TPSA) is 75.6 Å². The maximum Gasteiger partial charge on any atom is 0.305 e. The summed E-state index contributed by atoms with van der Waals surface area (Å²) in [5.74, 6) is -2.33. The second-order valence-electron chi connectivity index (χ2n) is 3.22. The van der Waals surface area contributed by atoms with E-state index in [0.29, 0.717) is 0 Å². The fourth-order valence-electron chi connectivity index (χ4n) is 1.27. The van der Waals surface area contributed by atoms with Crippen molar-refractivity contribution in [3.8, 4) is 5.75 Å². The molecule has 17 heavy (non-hydrogen) atoms. The van der Waals surface area contributed by atoms with Crippen LogP contribution in [0, 0.1) is 5.82 Å². The summed E-state index contributed by atoms with van der Waals surface area (Å²) in [5.41, 5.74) is -0.222. The second kappa shape index (κ2) is 5.83. The van der Waals surface area contributed by atoms with E-state index in [9.17, 15) is 14.0 Å². The molecule has 0 heterocycles. The third-order valence-electron chi connectivity index (χ3n) is 2.05. The van der Waals surface area contributed by atoms with Crippen molar-refractivity contribution >= 4 is 11.9 Å². The molecule has 0 saturated carbocycles. The van der Waals surface area contributed by atoms with E-state index < -0.39 is 17.7 Å². The number of carbonyl (C=O) groups is 2. The maximum atomic E-state index is 13.4. The number of carboxylic acid groups (broad SMARTS) is 1. The van der Waals surface area contributed by atoms with Gasteiger partial charge in [0.1, 0.15) is 17.1 Å². The van der Waals surface area contributed by atoms with Crippen LogP contribution in [-0.4, -0.2) is 30.6 Å². The van der Waals surface area contributed by atoms with Crippen LogP contribution in [0.25, 0.3) is 0 Å². The smallest absolute Gasteiger partial charge is 0.305 e. The minimum absolute atomic E-state index is 0.0638. The van der Waals surface area contributed by atoms with E-state index in [1.807, 2.05) is 0 Å². The Kier molecular flexibility index (Phi) is 4.45. The highest BCUT2D eigenvalue weighted by Crippen LogP contribution is 2.20. The number of aliphatic carboxylic acids is 1. The van der Waals surface area contributed by atoms with Gasteiger partial charge in [-0.25, -0.2) is 4.39 Å². The number of benzene rings is 1. The Bertz CT molecular complexity index is 433. The molecule has 1 amide bonds. The first-order valence-electron chi connectivity index (χ1n) is 4.88. The van der Waals surface area contributed by atoms with Gasteiger partial charge in [0.25, 0.3) is 5.91 Å². The normalized spacial score (nSPS) is 9.76. The highest BCUT2D eigenvalue weighted by atomic mass is 19.1. The monoisotopic (exact) mass is 241 g/mol. The van der Waals surface area contributed by atoms with Crippen molar-refractivity contribution < 1.29 is 23.8 Å². The highest BCUT2D eigenvalue weighted by Gasteiger charge is 2.17. The summed E-state index contributed by atoms with van der Waals surface area (Å²) >= 11 is 0. The zero-order chi connectivity index (χ0) is 12.8. The molecule has 0 aromatic heterocycles. The Morgan fingerprint density at radius 3 is 2.76 bits per heavy atom. The third kappa shape index (κ3) is 3.44. The lowest BCUT2D eigenvalue weighted by Gasteiger charge is -2.09. The number of carbonyl (C=O) groups excluding carboxylic acids is 1. The molecule has 1 rings (SSSR count). The summed E-state index contributed by atoms with van der Waals surface area (Å²) in [7, 11) is 1.32. The molecule has 0 spiro atoms. The average molecular weight is 241 g/mol. The van der Waals surface area contributed by atoms with E-state index in [0.717, 1.165) is 6.07 Å². The van der Waals surface area contributed by atoms with Crippen molar-refractivity contribution in [2.45, 2.75) is 6.42 Å². The molecule has 0 aliphatic heterocycles. The number of carboxylic acids is 1. The summed E-state index contributed by atoms with van der Waals surface area (Å²) in [6.07, 6.45) is -0.220. The zero-order valence-corrected chi connectivity index (χ0v) is 9.20. The van der Waals surface area contributed by atoms with Crippen LogP contribution in [0.2, 0.25) is 0 Å². The Hall–Kier alpha value is -2.11. The van der Waals surface area contributed by atoms with Crippen LogP contribution >= 0.6 is 0 Å². The predicted octanol–water partition coefficient (Wildman–Crippen LogP) is 1.04. The molecule has 2 N–H and O–H groups in total. The number of ether oxygens (including phenoxy) is 1. The largest absolute Gasteiger partial charge is 0.496 e. The fourth-order valence-corrected chi connectivity index (χ4v) is 1.27. The molecule has 1 aromatic carbocycles. The number of hydrogen-bond acceptors (Lipinski definition) is 3. The molecule has 0 fully saturated rings. The lowest BCUT2D eigenvalue weighted by atomic mass is 10.1. The van der Waals surface area contributed by atoms with Gasteiger partial charge in [-0.2, -0.15) is 0 Å². The van der Waals surface area contributed by atoms with Gasteiger partial charge >= 0.3 is 5.97 Å². The van der Waals surface area contributed by atoms with Crippen LogP contribution in [0.5, 0.6) is 5.75 Å². The molecule has 0 unspecified atom stereocenters. The zero-order valence-electron chi connectivity index (χ0n) is 9.20. The highest BCUT2D eigenvalue weighted by molar-refractivity contribution is 5.97. The van der Waals surface area contributed by atoms with Crippen LogP contribution in [0.1, 0.15) is 16.8 Å². The van der Waals surface area contributed by atoms with E-state index in [2.05, 4.69) is 5.32 Å². The molecule has 1 aromatic rings. The van der Waals surface area contributed by atoms with E-state index in [1.54, 1.807) is 0 Å². The predicted molar refractivity (Wildman–Crippen MR) is 57.5 cm³/mol. The molecule has 0 bridgehead atoms. The minimum Gasteiger partial charge on any atom is -0.496 e. The molecular formula is C11H12FNO4. The standard InChI is InChI=1S/C11H12FNO4/c1-17-8-4-2-3-7(12)10(8)11(16)13-6-5-9(14)15/h2-4H,5-6H2,1H3,(H,13,16)(H,14,15). The first kappa shape index (κ1) is 13.0. The fraction of sp³-hybridized carbons (Fsp3) is 0.273. The molecule has 92 valence electrons. The average Bonchev–Trinajstić information content (AvgIpc) is 2.27. The van der Waals surface area contributed by atoms with Gasteiger partial charge in [-0.3, -0.25) is 9.59 Å². The van der Waals surface area contributed by atoms with E-state index in [1.165, 1.54) is 19.2 Å². The summed E-state index contributed by atoms with van der Waals surface area (Å²) in [4.78, 5) is 21.9. The van der Waals surface area contributed by atoms with Crippen LogP contribution < -0.4 is 10.1 Å². The summed E-state index contributed by atoms with van der Waals surface area (Å²) in [6.45, 7) is -0.0638. The summed E-state index contributed by atoms with van der Waals surface area (Å²) in [5, 5.41) is 10.7. The van der Waals surface area contributed by atoms with Crippen molar-refractivity contribution in [2.75, 3.05) is 13.7 Å². The second-order valence-corrected chi connectivity index (χ2v) is 3.22. The van der Waals surface area contributed by atoms with Crippen molar-refractivity contribution in [3.05, 3.63) is 29.6 Å². The first-order chi connectivity index (χ1) is 8.06. The molecule has 5 nitrogen and oxygen atoms in total. The Labute approximate surface area is 97.2 Å². The lowest BCUT2D eigenvalue weighted by molar-refractivity contribution is -0.136. The first-order valence-corrected chi connectivity index (χ1v) is 4.88. The minimum atomic E-state index is -1.04. The number of rotatable bonds is 5. The van der Waals surface area contributed by atoms with Crippen LogP contribution in [0.3, 0.4) is 0 Å². The van der Waals surface area contributed by atoms with Gasteiger partial charge in [-0.05, 0) is 12.1 Å². The van der Waals surface area contributed by atoms with Crippen LogP contribution in [0.15, 0.2) is 18.2 Å². The number of nitrogens with one attached hydrogen (secondary N) is 1. The molecule has 0 atom stereocenters. The Balaban J connectivity index is 2.77. The van der Waals surface area contributed by atoms with E-state index in [-0.39, 0.29) is 24.3 Å². The van der Waals surface area contributed by atoms with Gasteiger partial charge in [-0.15, -0.1) is 0 Å². The van der Waals surface area contributed by atoms with Gasteiger partial charge in [0, 0.05) is 6.54 Å². The Morgan fingerprint density at radius 2 is 2.18 bits per heavy atom. The quantitative estimate of drug-likeness (QED) is 0.807. The summed E-state index contributed by atoms with van der Waals surface area (Å²) in [6, 6.07) is 4.01. The van der Waals surface area contributed by atoms with E-state index >= 15 is 0 Å². The SMILES string of the molecule is COc1cccc(F)c1C(=O)NCCC(=O)O. The van der Waals surface area contributed by atoms with Crippen molar-refractivity contribution in [2.24, 2.45) is 0 Å². The lowest BCUT2D eigenvalue weighted by Crippen LogP contribution is -2.27. The van der Waals surface area contributed by atoms with Gasteiger partial charge < -0.3 is 15.2 Å². The van der Waals surface area contributed by atoms with Crippen LogP contribution in [-0.2, 0) is 4.79 Å². The number of hydrogen-bond donors (Lipinski definition) is 2. The Morgan fingerprint density at radius 1 is 1.47 bits per heavy atom. The van der Waals surface area contributed by atoms with Crippen LogP contribution in [0.4, 0.5) is 4.39 Å². The molecule has 0 aliphatic carbocycles. The number of amides is 1. The van der Waals surface area contributed by atoms with E-state index in [4.69, 9.17) is 9.84 Å². The third-order valence-corrected chi connectivity index (χ3v) is 2.05. The number of halogens is 1. The molecule has 0 saturated heterocycles. The van der Waals surface area contributed by atoms with Gasteiger partial charge in [0.2, 0.25) is 0 Å². The maximum absolute atomic E-state index is 13.4. The van der Waals surface area contributed by atoms with Gasteiger partial charge in [0.15, 0.2) is 0 Å². The number of methoxy groups -OCH3 is 1. The van der Waals surface area contributed by atoms with Crippen molar-refractivity contribution in [1.82, 2.24) is 5.32 Å².